The SMILES string of the molecule is CCCCCCCCCCCc1cnc(-c2ccc(C=CC(=O)O)c(CCCCCCCC)c2)nc1. The Bertz CT molecular complexity index is 890. The van der Waals surface area contributed by atoms with Crippen LogP contribution in [0.15, 0.2) is 36.7 Å². The molecule has 0 radical (unpaired) electrons. The number of carboxylic acid groups (broad SMARTS) is 1. The highest BCUT2D eigenvalue weighted by molar-refractivity contribution is 5.85. The van der Waals surface area contributed by atoms with E-state index in [4.69, 9.17) is 5.11 Å². The Labute approximate surface area is 219 Å². The predicted molar refractivity (Wildman–Crippen MR) is 152 cm³/mol. The van der Waals surface area contributed by atoms with Crippen molar-refractivity contribution < 1.29 is 9.90 Å². The van der Waals surface area contributed by atoms with Crippen molar-refractivity contribution in [1.82, 2.24) is 9.97 Å². The normalized spacial score (nSPS) is 11.4. The van der Waals surface area contributed by atoms with Crippen LogP contribution in [-0.4, -0.2) is 21.0 Å². The number of carbonyl (C=O) groups is 1. The molecule has 1 heterocycles. The van der Waals surface area contributed by atoms with Crippen molar-refractivity contribution in [3.63, 3.8) is 0 Å². The third-order valence-electron chi connectivity index (χ3n) is 6.88. The van der Waals surface area contributed by atoms with Gasteiger partial charge in [-0.3, -0.25) is 0 Å². The van der Waals surface area contributed by atoms with E-state index in [1.54, 1.807) is 6.08 Å². The lowest BCUT2D eigenvalue weighted by molar-refractivity contribution is -0.131. The molecule has 0 bridgehead atoms. The zero-order valence-electron chi connectivity index (χ0n) is 22.8. The van der Waals surface area contributed by atoms with Gasteiger partial charge in [0.15, 0.2) is 5.82 Å². The molecule has 36 heavy (non-hydrogen) atoms. The lowest BCUT2D eigenvalue weighted by Crippen LogP contribution is -1.97. The average molecular weight is 493 g/mol. The van der Waals surface area contributed by atoms with Gasteiger partial charge in [0.2, 0.25) is 0 Å². The monoisotopic (exact) mass is 492 g/mol. The molecule has 4 nitrogen and oxygen atoms in total. The molecular weight excluding hydrogens is 444 g/mol. The molecular formula is C32H48N2O2. The molecule has 1 aromatic heterocycles. The van der Waals surface area contributed by atoms with Crippen LogP contribution >= 0.6 is 0 Å². The second kappa shape index (κ2) is 18.7. The molecule has 0 aliphatic carbocycles. The first-order valence-electron chi connectivity index (χ1n) is 14.5. The van der Waals surface area contributed by atoms with Gasteiger partial charge in [-0.2, -0.15) is 0 Å². The number of aromatic nitrogens is 2. The van der Waals surface area contributed by atoms with E-state index in [2.05, 4.69) is 29.9 Å². The van der Waals surface area contributed by atoms with Crippen LogP contribution < -0.4 is 0 Å². The molecule has 198 valence electrons. The van der Waals surface area contributed by atoms with Gasteiger partial charge in [-0.1, -0.05) is 109 Å². The van der Waals surface area contributed by atoms with Gasteiger partial charge in [-0.15, -0.1) is 0 Å². The van der Waals surface area contributed by atoms with Gasteiger partial charge >= 0.3 is 5.97 Å². The fourth-order valence-corrected chi connectivity index (χ4v) is 4.65. The standard InChI is InChI=1S/C32H48N2O2/c1-3-5-7-9-11-12-13-14-16-18-27-25-33-32(34-26-27)30-21-20-28(22-23-31(35)36)29(24-30)19-17-15-10-8-6-4-2/h20-26H,3-19H2,1-2H3,(H,35,36). The second-order valence-electron chi connectivity index (χ2n) is 10.1. The van der Waals surface area contributed by atoms with Crippen molar-refractivity contribution in [2.24, 2.45) is 0 Å². The summed E-state index contributed by atoms with van der Waals surface area (Å²) in [6.07, 6.45) is 28.3. The highest BCUT2D eigenvalue weighted by Gasteiger charge is 2.07. The Morgan fingerprint density at radius 3 is 1.83 bits per heavy atom. The summed E-state index contributed by atoms with van der Waals surface area (Å²) in [6.45, 7) is 4.50. The summed E-state index contributed by atoms with van der Waals surface area (Å²) >= 11 is 0. The van der Waals surface area contributed by atoms with Crippen molar-refractivity contribution in [3.8, 4) is 11.4 Å². The van der Waals surface area contributed by atoms with Gasteiger partial charge < -0.3 is 5.11 Å². The number of nitrogens with zero attached hydrogens (tertiary/aromatic N) is 2. The second-order valence-corrected chi connectivity index (χ2v) is 10.1. The third-order valence-corrected chi connectivity index (χ3v) is 6.88. The van der Waals surface area contributed by atoms with Crippen molar-refractivity contribution in [1.29, 1.82) is 0 Å². The molecule has 0 saturated carbocycles. The van der Waals surface area contributed by atoms with E-state index in [0.29, 0.717) is 0 Å². The lowest BCUT2D eigenvalue weighted by Gasteiger charge is -2.10. The van der Waals surface area contributed by atoms with E-state index in [-0.39, 0.29) is 0 Å². The van der Waals surface area contributed by atoms with Gasteiger partial charge in [-0.05, 0) is 54.5 Å². The van der Waals surface area contributed by atoms with Crippen molar-refractivity contribution >= 4 is 12.0 Å². The molecule has 4 heteroatoms. The molecule has 0 atom stereocenters. The third kappa shape index (κ3) is 12.5. The summed E-state index contributed by atoms with van der Waals surface area (Å²) in [5.74, 6) is -0.181. The van der Waals surface area contributed by atoms with Crippen molar-refractivity contribution in [2.75, 3.05) is 0 Å². The van der Waals surface area contributed by atoms with E-state index in [1.807, 2.05) is 24.5 Å². The molecule has 1 N–H and O–H groups in total. The fraction of sp³-hybridized carbons (Fsp3) is 0.594. The quantitative estimate of drug-likeness (QED) is 0.148. The fourth-order valence-electron chi connectivity index (χ4n) is 4.65. The Morgan fingerprint density at radius 2 is 1.28 bits per heavy atom. The van der Waals surface area contributed by atoms with E-state index < -0.39 is 5.97 Å². The van der Waals surface area contributed by atoms with Crippen LogP contribution in [0.1, 0.15) is 127 Å². The Kier molecular flexibility index (Phi) is 15.5. The Morgan fingerprint density at radius 1 is 0.750 bits per heavy atom. The van der Waals surface area contributed by atoms with Crippen LogP contribution in [0.3, 0.4) is 0 Å². The Hall–Kier alpha value is -2.49. The molecule has 0 fully saturated rings. The number of benzene rings is 1. The van der Waals surface area contributed by atoms with Crippen LogP contribution in [0.5, 0.6) is 0 Å². The summed E-state index contributed by atoms with van der Waals surface area (Å²) in [4.78, 5) is 20.3. The van der Waals surface area contributed by atoms with Crippen LogP contribution in [-0.2, 0) is 17.6 Å². The minimum Gasteiger partial charge on any atom is -0.478 e. The molecule has 1 aromatic carbocycles. The molecule has 0 aliphatic heterocycles. The smallest absolute Gasteiger partial charge is 0.328 e. The average Bonchev–Trinajstić information content (AvgIpc) is 2.89. The van der Waals surface area contributed by atoms with Crippen molar-refractivity contribution in [2.45, 2.75) is 123 Å². The van der Waals surface area contributed by atoms with Crippen LogP contribution in [0, 0.1) is 0 Å². The summed E-state index contributed by atoms with van der Waals surface area (Å²) in [5, 5.41) is 9.06. The van der Waals surface area contributed by atoms with Gasteiger partial charge in [0.05, 0.1) is 0 Å². The first-order valence-corrected chi connectivity index (χ1v) is 14.5. The molecule has 2 aromatic rings. The summed E-state index contributed by atoms with van der Waals surface area (Å²) in [5.41, 5.74) is 4.34. The zero-order valence-corrected chi connectivity index (χ0v) is 22.8. The van der Waals surface area contributed by atoms with Gasteiger partial charge in [0, 0.05) is 24.0 Å². The minimum atomic E-state index is -0.921. The topological polar surface area (TPSA) is 63.1 Å². The van der Waals surface area contributed by atoms with Crippen LogP contribution in [0.2, 0.25) is 0 Å². The molecule has 0 amide bonds. The largest absolute Gasteiger partial charge is 0.478 e. The number of hydrogen-bond acceptors (Lipinski definition) is 3. The first kappa shape index (κ1) is 29.7. The molecule has 0 aliphatic rings. The van der Waals surface area contributed by atoms with E-state index >= 15 is 0 Å². The zero-order chi connectivity index (χ0) is 25.8. The lowest BCUT2D eigenvalue weighted by atomic mass is 9.97. The van der Waals surface area contributed by atoms with Crippen LogP contribution in [0.25, 0.3) is 17.5 Å². The number of aryl methyl sites for hydroxylation is 2. The minimum absolute atomic E-state index is 0.740. The van der Waals surface area contributed by atoms with E-state index in [1.165, 1.54) is 107 Å². The maximum Gasteiger partial charge on any atom is 0.328 e. The molecule has 0 unspecified atom stereocenters. The number of carboxylic acids is 1. The summed E-state index contributed by atoms with van der Waals surface area (Å²) in [6, 6.07) is 6.14. The summed E-state index contributed by atoms with van der Waals surface area (Å²) < 4.78 is 0. The highest BCUT2D eigenvalue weighted by Crippen LogP contribution is 2.23. The maximum atomic E-state index is 11.0. The number of unbranched alkanes of at least 4 members (excludes halogenated alkanes) is 13. The molecule has 0 saturated heterocycles. The highest BCUT2D eigenvalue weighted by atomic mass is 16.4. The van der Waals surface area contributed by atoms with Gasteiger partial charge in [0.25, 0.3) is 0 Å². The van der Waals surface area contributed by atoms with E-state index in [0.717, 1.165) is 36.2 Å². The van der Waals surface area contributed by atoms with Gasteiger partial charge in [-0.25, -0.2) is 14.8 Å². The summed E-state index contributed by atoms with van der Waals surface area (Å²) in [7, 11) is 0. The molecule has 2 rings (SSSR count). The van der Waals surface area contributed by atoms with Crippen LogP contribution in [0.4, 0.5) is 0 Å². The number of aliphatic carboxylic acids is 1. The van der Waals surface area contributed by atoms with Gasteiger partial charge in [0.1, 0.15) is 0 Å². The number of hydrogen-bond donors (Lipinski definition) is 1. The number of rotatable bonds is 20. The Balaban J connectivity index is 1.89. The first-order chi connectivity index (χ1) is 17.6. The maximum absolute atomic E-state index is 11.0. The van der Waals surface area contributed by atoms with Crippen molar-refractivity contribution in [3.05, 3.63) is 53.4 Å². The predicted octanol–water partition coefficient (Wildman–Crippen LogP) is 9.22. The molecule has 0 spiro atoms. The van der Waals surface area contributed by atoms with E-state index in [9.17, 15) is 4.79 Å².